The van der Waals surface area contributed by atoms with Crippen molar-refractivity contribution in [2.24, 2.45) is 0 Å². The van der Waals surface area contributed by atoms with E-state index < -0.39 is 0 Å². The molecule has 0 aliphatic heterocycles. The number of fused-ring (bicyclic) bond motifs is 1. The number of benzene rings is 1. The molecule has 1 heterocycles. The minimum atomic E-state index is 0.767. The summed E-state index contributed by atoms with van der Waals surface area (Å²) in [5.74, 6) is 0.885. The van der Waals surface area contributed by atoms with Crippen molar-refractivity contribution in [1.29, 1.82) is 0 Å². The Hall–Kier alpha value is -0.700. The fourth-order valence-corrected chi connectivity index (χ4v) is 1.71. The van der Waals surface area contributed by atoms with Gasteiger partial charge in [-0.15, -0.1) is 0 Å². The van der Waals surface area contributed by atoms with Crippen LogP contribution in [0, 0.1) is 0 Å². The summed E-state index contributed by atoms with van der Waals surface area (Å²) in [6.45, 7) is 0. The summed E-state index contributed by atoms with van der Waals surface area (Å²) < 4.78 is 5.29. The molecule has 0 amide bonds. The quantitative estimate of drug-likeness (QED) is 0.777. The zero-order valence-corrected chi connectivity index (χ0v) is 9.69. The van der Waals surface area contributed by atoms with Crippen LogP contribution >= 0.6 is 0 Å². The Morgan fingerprint density at radius 3 is 2.83 bits per heavy atom. The molecule has 0 aliphatic carbocycles. The topological polar surface area (TPSA) is 22.1 Å². The number of nitrogens with zero attached hydrogens (tertiary/aromatic N) is 1. The van der Waals surface area contributed by atoms with E-state index in [2.05, 4.69) is 4.98 Å². The third kappa shape index (κ3) is 1.29. The zero-order valence-electron chi connectivity index (χ0n) is 6.40. The summed E-state index contributed by atoms with van der Waals surface area (Å²) in [4.78, 5) is 4.25. The molecule has 2 radical (unpaired) electrons. The molecule has 0 bridgehead atoms. The van der Waals surface area contributed by atoms with Gasteiger partial charge >= 0.3 is 85.8 Å². The Kier molecular flexibility index (Phi) is 2.21. The first kappa shape index (κ1) is 7.92. The maximum absolute atomic E-state index is 5.29. The molecule has 0 fully saturated rings. The number of para-hydroxylation sites is 1. The second kappa shape index (κ2) is 3.35. The van der Waals surface area contributed by atoms with E-state index in [1.165, 1.54) is 0 Å². The van der Waals surface area contributed by atoms with E-state index in [1.807, 2.05) is 30.3 Å². The number of aromatic nitrogens is 1. The molecule has 3 heteroatoms. The summed E-state index contributed by atoms with van der Waals surface area (Å²) >= 11 is 0.767. The van der Waals surface area contributed by atoms with Crippen LogP contribution in [0.25, 0.3) is 10.9 Å². The molecule has 56 valence electrons. The molecule has 0 unspecified atom stereocenters. The molecule has 2 rings (SSSR count). The first-order chi connectivity index (χ1) is 5.92. The van der Waals surface area contributed by atoms with E-state index in [1.54, 1.807) is 6.20 Å². The van der Waals surface area contributed by atoms with E-state index in [0.717, 1.165) is 41.5 Å². The average Bonchev–Trinajstić information content (AvgIpc) is 2.17. The molecule has 0 spiro atoms. The van der Waals surface area contributed by atoms with Crippen molar-refractivity contribution in [2.75, 3.05) is 0 Å². The maximum atomic E-state index is 5.29. The predicted octanol–water partition coefficient (Wildman–Crippen LogP) is 1.70. The third-order valence-corrected chi connectivity index (χ3v) is 2.45. The molecule has 1 aromatic heterocycles. The fourth-order valence-electron chi connectivity index (χ4n) is 1.17. The number of hydrogen-bond donors (Lipinski definition) is 0. The van der Waals surface area contributed by atoms with Crippen LogP contribution in [-0.4, -0.2) is 29.8 Å². The van der Waals surface area contributed by atoms with Gasteiger partial charge in [-0.2, -0.15) is 0 Å². The summed E-state index contributed by atoms with van der Waals surface area (Å²) in [7, 11) is 0. The summed E-state index contributed by atoms with van der Waals surface area (Å²) in [5.41, 5.74) is 0.951. The normalized spacial score (nSPS) is 10.0. The standard InChI is InChI=1S/C9H7NO.In/c11-8-5-1-3-7-4-2-6-10-9(7)8;/h1-6,11H;/q;+1/p-1. The molecule has 1 aromatic carbocycles. The SMILES string of the molecule is [In][O]c1cccc2cccnc12. The van der Waals surface area contributed by atoms with Crippen LogP contribution in [0.5, 0.6) is 5.75 Å². The molecular formula is C9H6InNO. The van der Waals surface area contributed by atoms with E-state index in [0.29, 0.717) is 0 Å². The van der Waals surface area contributed by atoms with Crippen molar-refractivity contribution in [1.82, 2.24) is 4.98 Å². The number of rotatable bonds is 1. The zero-order chi connectivity index (χ0) is 8.39. The summed E-state index contributed by atoms with van der Waals surface area (Å²) in [6, 6.07) is 9.92. The Morgan fingerprint density at radius 1 is 1.17 bits per heavy atom. The number of pyridine rings is 1. The van der Waals surface area contributed by atoms with Crippen molar-refractivity contribution in [3.63, 3.8) is 0 Å². The second-order valence-corrected chi connectivity index (χ2v) is 3.12. The predicted molar refractivity (Wildman–Crippen MR) is 48.1 cm³/mol. The van der Waals surface area contributed by atoms with Crippen molar-refractivity contribution in [3.8, 4) is 5.75 Å². The monoisotopic (exact) mass is 259 g/mol. The van der Waals surface area contributed by atoms with Gasteiger partial charge in [0.1, 0.15) is 0 Å². The Bertz CT molecular complexity index is 397. The number of hydrogen-bond acceptors (Lipinski definition) is 2. The Balaban J connectivity index is 2.79. The fraction of sp³-hybridized carbons (Fsp3) is 0. The molecule has 0 saturated carbocycles. The van der Waals surface area contributed by atoms with Gasteiger partial charge in [-0.05, 0) is 0 Å². The molecule has 0 N–H and O–H groups in total. The van der Waals surface area contributed by atoms with Gasteiger partial charge in [-0.1, -0.05) is 0 Å². The summed E-state index contributed by atoms with van der Waals surface area (Å²) in [5, 5.41) is 1.13. The van der Waals surface area contributed by atoms with Gasteiger partial charge in [0.2, 0.25) is 0 Å². The van der Waals surface area contributed by atoms with E-state index in [-0.39, 0.29) is 0 Å². The Labute approximate surface area is 85.8 Å². The van der Waals surface area contributed by atoms with Crippen molar-refractivity contribution in [2.45, 2.75) is 0 Å². The van der Waals surface area contributed by atoms with Crippen LogP contribution < -0.4 is 2.85 Å². The van der Waals surface area contributed by atoms with Gasteiger partial charge in [-0.3, -0.25) is 0 Å². The molecule has 2 nitrogen and oxygen atoms in total. The molecule has 0 aliphatic rings. The van der Waals surface area contributed by atoms with Crippen molar-refractivity contribution >= 4 is 35.7 Å². The van der Waals surface area contributed by atoms with Crippen LogP contribution in [0.1, 0.15) is 0 Å². The first-order valence-electron chi connectivity index (χ1n) is 3.62. The van der Waals surface area contributed by atoms with Gasteiger partial charge in [0.05, 0.1) is 0 Å². The first-order valence-corrected chi connectivity index (χ1v) is 4.97. The molecule has 2 aromatic rings. The van der Waals surface area contributed by atoms with Gasteiger partial charge < -0.3 is 0 Å². The van der Waals surface area contributed by atoms with Crippen molar-refractivity contribution < 1.29 is 2.85 Å². The van der Waals surface area contributed by atoms with Crippen LogP contribution in [0.4, 0.5) is 0 Å². The van der Waals surface area contributed by atoms with Crippen molar-refractivity contribution in [3.05, 3.63) is 36.5 Å². The molecule has 0 saturated heterocycles. The van der Waals surface area contributed by atoms with Gasteiger partial charge in [0, 0.05) is 0 Å². The third-order valence-electron chi connectivity index (χ3n) is 1.72. The molecular weight excluding hydrogens is 253 g/mol. The minimum absolute atomic E-state index is 0.767. The van der Waals surface area contributed by atoms with E-state index in [9.17, 15) is 0 Å². The van der Waals surface area contributed by atoms with Crippen LogP contribution in [0.2, 0.25) is 0 Å². The van der Waals surface area contributed by atoms with E-state index in [4.69, 9.17) is 2.85 Å². The van der Waals surface area contributed by atoms with Crippen LogP contribution in [0.3, 0.4) is 0 Å². The van der Waals surface area contributed by atoms with Crippen LogP contribution in [-0.2, 0) is 0 Å². The van der Waals surface area contributed by atoms with Gasteiger partial charge in [0.25, 0.3) is 0 Å². The van der Waals surface area contributed by atoms with Crippen LogP contribution in [0.15, 0.2) is 36.5 Å². The Morgan fingerprint density at radius 2 is 2.00 bits per heavy atom. The summed E-state index contributed by atoms with van der Waals surface area (Å²) in [6.07, 6.45) is 1.78. The average molecular weight is 259 g/mol. The van der Waals surface area contributed by atoms with E-state index >= 15 is 0 Å². The second-order valence-electron chi connectivity index (χ2n) is 2.45. The molecule has 12 heavy (non-hydrogen) atoms. The van der Waals surface area contributed by atoms with Gasteiger partial charge in [-0.25, -0.2) is 0 Å². The molecule has 0 atom stereocenters. The van der Waals surface area contributed by atoms with Gasteiger partial charge in [0.15, 0.2) is 0 Å².